The zero-order chi connectivity index (χ0) is 37.7. The molecule has 1 rings (SSSR count). The summed E-state index contributed by atoms with van der Waals surface area (Å²) < 4.78 is 69.1. The van der Waals surface area contributed by atoms with E-state index in [9.17, 15) is 46.5 Å². The number of carboxylic acid groups (broad SMARTS) is 2. The lowest BCUT2D eigenvalue weighted by Crippen LogP contribution is -2.63. The van der Waals surface area contributed by atoms with Crippen molar-refractivity contribution in [1.29, 1.82) is 0 Å². The molecule has 22 heteroatoms. The molecule has 0 aromatic carbocycles. The summed E-state index contributed by atoms with van der Waals surface area (Å²) in [7, 11) is 0. The van der Waals surface area contributed by atoms with E-state index in [2.05, 4.69) is 22.2 Å². The van der Waals surface area contributed by atoms with Gasteiger partial charge in [-0.25, -0.2) is 14.6 Å². The number of guanidine groups is 2. The van der Waals surface area contributed by atoms with Crippen LogP contribution in [0.15, 0.2) is 9.98 Å². The topological polar surface area (TPSA) is 302 Å². The molecule has 1 aliphatic heterocycles. The van der Waals surface area contributed by atoms with Crippen molar-refractivity contribution in [3.63, 3.8) is 0 Å². The van der Waals surface area contributed by atoms with E-state index in [4.69, 9.17) is 47.5 Å². The van der Waals surface area contributed by atoms with Crippen molar-refractivity contribution < 1.29 is 71.0 Å². The van der Waals surface area contributed by atoms with Crippen LogP contribution in [0.5, 0.6) is 0 Å². The molecule has 48 heavy (non-hydrogen) atoms. The highest BCUT2D eigenvalue weighted by atomic mass is 19.4. The van der Waals surface area contributed by atoms with Crippen molar-refractivity contribution in [3.8, 4) is 0 Å². The summed E-state index contributed by atoms with van der Waals surface area (Å²) in [6.07, 6.45) is -5.52. The number of carbonyl (C=O) groups is 3. The van der Waals surface area contributed by atoms with E-state index in [0.717, 1.165) is 19.3 Å². The number of nitrogens with two attached hydrogens (primary N) is 4. The van der Waals surface area contributed by atoms with Gasteiger partial charge < -0.3 is 58.5 Å². The van der Waals surface area contributed by atoms with Gasteiger partial charge in [0.15, 0.2) is 18.0 Å². The van der Waals surface area contributed by atoms with Crippen LogP contribution in [0.3, 0.4) is 0 Å². The number of amides is 1. The summed E-state index contributed by atoms with van der Waals surface area (Å²) in [6.45, 7) is 2.44. The van der Waals surface area contributed by atoms with Gasteiger partial charge in [0.25, 0.3) is 0 Å². The van der Waals surface area contributed by atoms with Crippen LogP contribution < -0.4 is 28.3 Å². The number of aliphatic hydroxyl groups excluding tert-OH is 3. The zero-order valence-corrected chi connectivity index (χ0v) is 26.3. The molecule has 0 unspecified atom stereocenters. The first kappa shape index (κ1) is 46.5. The number of nitrogens with zero attached hydrogens (tertiary/aromatic N) is 2. The summed E-state index contributed by atoms with van der Waals surface area (Å²) in [4.78, 5) is 38.3. The number of unbranched alkanes of at least 4 members (excludes halogenated alkanes) is 9. The Bertz CT molecular complexity index is 988. The van der Waals surface area contributed by atoms with Crippen molar-refractivity contribution in [3.05, 3.63) is 0 Å². The first-order valence-corrected chi connectivity index (χ1v) is 14.8. The maximum absolute atomic E-state index is 12.8. The van der Waals surface area contributed by atoms with Gasteiger partial charge >= 0.3 is 24.3 Å². The molecule has 0 aromatic rings. The predicted octanol–water partition coefficient (Wildman–Crippen LogP) is 0.0556. The lowest BCUT2D eigenvalue weighted by atomic mass is 9.91. The lowest BCUT2D eigenvalue weighted by Gasteiger charge is -2.41. The summed E-state index contributed by atoms with van der Waals surface area (Å²) in [5.74, 6) is -6.68. The molecular weight excluding hydrogens is 668 g/mol. The monoisotopic (exact) mass is 715 g/mol. The van der Waals surface area contributed by atoms with Gasteiger partial charge in [0.2, 0.25) is 5.91 Å². The van der Waals surface area contributed by atoms with E-state index in [1.807, 2.05) is 0 Å². The van der Waals surface area contributed by atoms with E-state index in [1.54, 1.807) is 0 Å². The highest BCUT2D eigenvalue weighted by Crippen LogP contribution is 2.25. The fourth-order valence-corrected chi connectivity index (χ4v) is 3.96. The summed E-state index contributed by atoms with van der Waals surface area (Å²) in [5.41, 5.74) is 21.6. The van der Waals surface area contributed by atoms with Crippen LogP contribution >= 0.6 is 0 Å². The smallest absolute Gasteiger partial charge is 0.475 e. The Morgan fingerprint density at radius 2 is 1.15 bits per heavy atom. The van der Waals surface area contributed by atoms with Crippen LogP contribution in [0.4, 0.5) is 26.3 Å². The number of alkyl halides is 6. The fourth-order valence-electron chi connectivity index (χ4n) is 3.96. The number of carbonyl (C=O) groups excluding carboxylic acids is 1. The fraction of sp³-hybridized carbons (Fsp3) is 0.808. The minimum Gasteiger partial charge on any atom is -0.475 e. The number of hydrogen-bond donors (Lipinski definition) is 10. The molecule has 1 fully saturated rings. The maximum Gasteiger partial charge on any atom is 0.490 e. The molecule has 14 N–H and O–H groups in total. The van der Waals surface area contributed by atoms with Crippen LogP contribution in [-0.4, -0.2) is 117 Å². The zero-order valence-electron chi connectivity index (χ0n) is 26.3. The molecule has 6 atom stereocenters. The Morgan fingerprint density at radius 3 is 1.52 bits per heavy atom. The Labute approximate surface area is 272 Å². The second-order valence-electron chi connectivity index (χ2n) is 10.5. The molecule has 0 saturated carbocycles. The second-order valence-corrected chi connectivity index (χ2v) is 10.5. The molecule has 1 saturated heterocycles. The van der Waals surface area contributed by atoms with E-state index in [-0.39, 0.29) is 18.5 Å². The van der Waals surface area contributed by atoms with Gasteiger partial charge in [0.05, 0.1) is 6.54 Å². The van der Waals surface area contributed by atoms with Crippen molar-refractivity contribution in [2.75, 3.05) is 13.1 Å². The van der Waals surface area contributed by atoms with Gasteiger partial charge in [0.1, 0.15) is 30.5 Å². The van der Waals surface area contributed by atoms with Crippen molar-refractivity contribution >= 4 is 29.8 Å². The molecular formula is C26H47F6N7O9. The van der Waals surface area contributed by atoms with E-state index < -0.39 is 66.8 Å². The number of aliphatic carboxylic acids is 2. The van der Waals surface area contributed by atoms with Crippen LogP contribution in [0, 0.1) is 0 Å². The van der Waals surface area contributed by atoms with Crippen LogP contribution in [0.2, 0.25) is 0 Å². The van der Waals surface area contributed by atoms with Crippen molar-refractivity contribution in [2.45, 2.75) is 120 Å². The van der Waals surface area contributed by atoms with Gasteiger partial charge in [-0.15, -0.1) is 0 Å². The average Bonchev–Trinajstić information content (AvgIpc) is 2.96. The average molecular weight is 716 g/mol. The van der Waals surface area contributed by atoms with Crippen molar-refractivity contribution in [2.24, 2.45) is 32.9 Å². The number of ether oxygens (including phenoxy) is 1. The highest BCUT2D eigenvalue weighted by molar-refractivity contribution is 5.86. The number of aliphatic imine (C=N–C) groups is 2. The predicted molar refractivity (Wildman–Crippen MR) is 159 cm³/mol. The molecule has 1 heterocycles. The van der Waals surface area contributed by atoms with E-state index >= 15 is 0 Å². The molecule has 1 aliphatic rings. The SMILES string of the molecule is CCCCCCCCCCCCNC(=O)[C@H](N=C(N)N)[C@@H]1O[C@H](CN=C(N)N)[C@@H](O)[C@H](O)[C@H]1O.O=C(O)C(F)(F)F.O=C(O)C(F)(F)F. The number of hydrogen-bond acceptors (Lipinski definition) is 9. The Kier molecular flexibility index (Phi) is 22.9. The lowest BCUT2D eigenvalue weighted by molar-refractivity contribution is -0.222. The van der Waals surface area contributed by atoms with Crippen LogP contribution in [-0.2, 0) is 19.1 Å². The third-order valence-electron chi connectivity index (χ3n) is 6.39. The van der Waals surface area contributed by atoms with E-state index in [1.165, 1.54) is 44.9 Å². The standard InChI is InChI=1S/C22H45N7O5.2C2HF3O2/c1-2-3-4-5-6-7-8-9-10-11-12-27-20(33)15(29-22(25)26)19-18(32)17(31)16(30)14(34-19)13-28-21(23)24;2*3-2(4,5)1(6)7/h14-19,30-32H,2-13H2,1H3,(H,27,33)(H4,23,24,28)(H4,25,26,29);2*(H,6,7)/t14-,15-,16-,17+,18-,19+;;/m1../s1. The Hall–Kier alpha value is -3.63. The first-order valence-electron chi connectivity index (χ1n) is 14.8. The molecule has 0 radical (unpaired) electrons. The number of aliphatic hydroxyl groups is 3. The maximum atomic E-state index is 12.8. The van der Waals surface area contributed by atoms with E-state index in [0.29, 0.717) is 6.54 Å². The molecule has 0 aromatic heterocycles. The van der Waals surface area contributed by atoms with Crippen LogP contribution in [0.25, 0.3) is 0 Å². The highest BCUT2D eigenvalue weighted by Gasteiger charge is 2.48. The number of nitrogens with one attached hydrogen (secondary N) is 1. The third kappa shape index (κ3) is 21.3. The van der Waals surface area contributed by atoms with Gasteiger partial charge in [-0.3, -0.25) is 9.79 Å². The molecule has 0 aliphatic carbocycles. The summed E-state index contributed by atoms with van der Waals surface area (Å²) in [5, 5.41) is 47.9. The normalized spacial score (nSPS) is 21.2. The summed E-state index contributed by atoms with van der Waals surface area (Å²) >= 11 is 0. The minimum absolute atomic E-state index is 0.182. The molecule has 1 amide bonds. The van der Waals surface area contributed by atoms with Gasteiger partial charge in [-0.1, -0.05) is 64.7 Å². The number of carboxylic acids is 2. The quantitative estimate of drug-likeness (QED) is 0.0438. The first-order chi connectivity index (χ1) is 22.1. The third-order valence-corrected chi connectivity index (χ3v) is 6.39. The number of halogens is 6. The molecule has 0 spiro atoms. The molecule has 282 valence electrons. The van der Waals surface area contributed by atoms with Crippen molar-refractivity contribution in [1.82, 2.24) is 5.32 Å². The largest absolute Gasteiger partial charge is 0.490 e. The van der Waals surface area contributed by atoms with Gasteiger partial charge in [-0.2, -0.15) is 26.3 Å². The van der Waals surface area contributed by atoms with Crippen LogP contribution in [0.1, 0.15) is 71.1 Å². The molecule has 16 nitrogen and oxygen atoms in total. The van der Waals surface area contributed by atoms with Gasteiger partial charge in [0, 0.05) is 6.54 Å². The Balaban J connectivity index is 0. The van der Waals surface area contributed by atoms with Gasteiger partial charge in [-0.05, 0) is 6.42 Å². The molecule has 0 bridgehead atoms. The Morgan fingerprint density at radius 1 is 0.729 bits per heavy atom. The second kappa shape index (κ2) is 23.7. The number of rotatable bonds is 16. The minimum atomic E-state index is -5.08. The summed E-state index contributed by atoms with van der Waals surface area (Å²) in [6, 6.07) is -1.33.